The second kappa shape index (κ2) is 6.02. The van der Waals surface area contributed by atoms with E-state index < -0.39 is 0 Å². The molecule has 0 aromatic heterocycles. The molecule has 0 radical (unpaired) electrons. The molecule has 0 bridgehead atoms. The second-order valence-corrected chi connectivity index (χ2v) is 4.49. The van der Waals surface area contributed by atoms with Crippen molar-refractivity contribution in [3.05, 3.63) is 35.4 Å². The topological polar surface area (TPSA) is 21.3 Å². The second-order valence-electron chi connectivity index (χ2n) is 4.49. The maximum atomic E-state index is 5.12. The summed E-state index contributed by atoms with van der Waals surface area (Å²) < 4.78 is 5.12. The van der Waals surface area contributed by atoms with E-state index in [0.29, 0.717) is 6.04 Å². The highest BCUT2D eigenvalue weighted by atomic mass is 16.5. The number of ether oxygens (including phenoxy) is 1. The summed E-state index contributed by atoms with van der Waals surface area (Å²) in [6.07, 6.45) is 4.95. The van der Waals surface area contributed by atoms with Crippen LogP contribution in [0.5, 0.6) is 0 Å². The first-order chi connectivity index (χ1) is 7.90. The molecule has 1 aliphatic heterocycles. The third-order valence-electron chi connectivity index (χ3n) is 3.26. The Labute approximate surface area is 98.0 Å². The van der Waals surface area contributed by atoms with Gasteiger partial charge in [-0.05, 0) is 36.9 Å². The largest absolute Gasteiger partial charge is 0.384 e. The van der Waals surface area contributed by atoms with E-state index in [-0.39, 0.29) is 0 Å². The zero-order valence-electron chi connectivity index (χ0n) is 10.0. The van der Waals surface area contributed by atoms with Crippen LogP contribution in [-0.2, 0) is 11.2 Å². The summed E-state index contributed by atoms with van der Waals surface area (Å²) in [4.78, 5) is 0. The number of benzene rings is 1. The van der Waals surface area contributed by atoms with Gasteiger partial charge >= 0.3 is 0 Å². The standard InChI is InChI=1S/C14H21NO/c1-16-10-8-12-5-4-6-13(11-12)14-7-2-3-9-15-14/h4-6,11,14-15H,2-3,7-10H2,1H3. The lowest BCUT2D eigenvalue weighted by molar-refractivity contribution is 0.202. The molecule has 1 aliphatic rings. The number of hydrogen-bond donors (Lipinski definition) is 1. The smallest absolute Gasteiger partial charge is 0.0502 e. The minimum Gasteiger partial charge on any atom is -0.384 e. The van der Waals surface area contributed by atoms with Crippen molar-refractivity contribution in [2.75, 3.05) is 20.3 Å². The van der Waals surface area contributed by atoms with Crippen LogP contribution in [0.25, 0.3) is 0 Å². The van der Waals surface area contributed by atoms with Gasteiger partial charge in [0.05, 0.1) is 6.61 Å². The highest BCUT2D eigenvalue weighted by molar-refractivity contribution is 5.26. The van der Waals surface area contributed by atoms with E-state index in [4.69, 9.17) is 4.74 Å². The molecule has 16 heavy (non-hydrogen) atoms. The molecule has 0 saturated carbocycles. The summed E-state index contributed by atoms with van der Waals surface area (Å²) in [7, 11) is 1.76. The Bertz CT molecular complexity index is 318. The molecule has 88 valence electrons. The fourth-order valence-electron chi connectivity index (χ4n) is 2.32. The quantitative estimate of drug-likeness (QED) is 0.840. The van der Waals surface area contributed by atoms with Crippen LogP contribution < -0.4 is 5.32 Å². The van der Waals surface area contributed by atoms with Gasteiger partial charge in [0, 0.05) is 13.2 Å². The van der Waals surface area contributed by atoms with Crippen LogP contribution in [0.4, 0.5) is 0 Å². The monoisotopic (exact) mass is 219 g/mol. The molecule has 0 spiro atoms. The van der Waals surface area contributed by atoms with Gasteiger partial charge in [0.25, 0.3) is 0 Å². The minimum absolute atomic E-state index is 0.566. The number of piperidine rings is 1. The number of nitrogens with one attached hydrogen (secondary N) is 1. The Hall–Kier alpha value is -0.860. The van der Waals surface area contributed by atoms with E-state index in [9.17, 15) is 0 Å². The minimum atomic E-state index is 0.566. The first-order valence-corrected chi connectivity index (χ1v) is 6.21. The van der Waals surface area contributed by atoms with Crippen LogP contribution in [-0.4, -0.2) is 20.3 Å². The third-order valence-corrected chi connectivity index (χ3v) is 3.26. The number of rotatable bonds is 4. The van der Waals surface area contributed by atoms with Gasteiger partial charge in [-0.2, -0.15) is 0 Å². The predicted octanol–water partition coefficient (Wildman–Crippen LogP) is 2.69. The van der Waals surface area contributed by atoms with Crippen LogP contribution in [0, 0.1) is 0 Å². The third kappa shape index (κ3) is 3.06. The highest BCUT2D eigenvalue weighted by Gasteiger charge is 2.14. The average molecular weight is 219 g/mol. The van der Waals surface area contributed by atoms with E-state index in [1.165, 1.54) is 30.4 Å². The zero-order chi connectivity index (χ0) is 11.2. The number of hydrogen-bond acceptors (Lipinski definition) is 2. The number of methoxy groups -OCH3 is 1. The Kier molecular flexibility index (Phi) is 4.37. The SMILES string of the molecule is COCCc1cccc(C2CCCCN2)c1. The molecule has 1 N–H and O–H groups in total. The van der Waals surface area contributed by atoms with E-state index in [0.717, 1.165) is 19.6 Å². The van der Waals surface area contributed by atoms with Crippen molar-refractivity contribution in [3.63, 3.8) is 0 Å². The molecule has 0 amide bonds. The summed E-state index contributed by atoms with van der Waals surface area (Å²) in [6.45, 7) is 1.97. The van der Waals surface area contributed by atoms with Gasteiger partial charge in [-0.3, -0.25) is 0 Å². The molecule has 1 saturated heterocycles. The van der Waals surface area contributed by atoms with Crippen LogP contribution in [0.3, 0.4) is 0 Å². The molecule has 2 rings (SSSR count). The van der Waals surface area contributed by atoms with E-state index in [1.807, 2.05) is 0 Å². The average Bonchev–Trinajstić information content (AvgIpc) is 2.38. The van der Waals surface area contributed by atoms with Crippen LogP contribution >= 0.6 is 0 Å². The first-order valence-electron chi connectivity index (χ1n) is 6.21. The predicted molar refractivity (Wildman–Crippen MR) is 66.6 cm³/mol. The van der Waals surface area contributed by atoms with Gasteiger partial charge in [0.15, 0.2) is 0 Å². The normalized spacial score (nSPS) is 20.9. The van der Waals surface area contributed by atoms with Gasteiger partial charge in [0.1, 0.15) is 0 Å². The lowest BCUT2D eigenvalue weighted by Crippen LogP contribution is -2.26. The summed E-state index contributed by atoms with van der Waals surface area (Å²) in [5, 5.41) is 3.59. The summed E-state index contributed by atoms with van der Waals surface area (Å²) in [6, 6.07) is 9.47. The van der Waals surface area contributed by atoms with Crippen molar-refractivity contribution in [1.82, 2.24) is 5.32 Å². The van der Waals surface area contributed by atoms with Gasteiger partial charge in [0.2, 0.25) is 0 Å². The van der Waals surface area contributed by atoms with Gasteiger partial charge in [-0.25, -0.2) is 0 Å². The lowest BCUT2D eigenvalue weighted by atomic mass is 9.96. The fourth-order valence-corrected chi connectivity index (χ4v) is 2.32. The molecular weight excluding hydrogens is 198 g/mol. The van der Waals surface area contributed by atoms with E-state index in [2.05, 4.69) is 29.6 Å². The Morgan fingerprint density at radius 2 is 2.31 bits per heavy atom. The Morgan fingerprint density at radius 3 is 3.06 bits per heavy atom. The summed E-state index contributed by atoms with van der Waals surface area (Å²) in [5.74, 6) is 0. The van der Waals surface area contributed by atoms with Gasteiger partial charge in [-0.15, -0.1) is 0 Å². The van der Waals surface area contributed by atoms with E-state index in [1.54, 1.807) is 7.11 Å². The van der Waals surface area contributed by atoms with Gasteiger partial charge in [-0.1, -0.05) is 30.7 Å². The molecule has 1 fully saturated rings. The molecule has 1 heterocycles. The molecular formula is C14H21NO. The van der Waals surface area contributed by atoms with Crippen molar-refractivity contribution in [3.8, 4) is 0 Å². The van der Waals surface area contributed by atoms with Crippen molar-refractivity contribution >= 4 is 0 Å². The molecule has 0 aliphatic carbocycles. The van der Waals surface area contributed by atoms with Crippen LogP contribution in [0.15, 0.2) is 24.3 Å². The van der Waals surface area contributed by atoms with Crippen molar-refractivity contribution in [1.29, 1.82) is 0 Å². The van der Waals surface area contributed by atoms with Crippen LogP contribution in [0.2, 0.25) is 0 Å². The van der Waals surface area contributed by atoms with Crippen molar-refractivity contribution in [2.24, 2.45) is 0 Å². The van der Waals surface area contributed by atoms with Gasteiger partial charge < -0.3 is 10.1 Å². The maximum absolute atomic E-state index is 5.12. The van der Waals surface area contributed by atoms with Crippen molar-refractivity contribution in [2.45, 2.75) is 31.7 Å². The fraction of sp³-hybridized carbons (Fsp3) is 0.571. The molecule has 2 nitrogen and oxygen atoms in total. The summed E-state index contributed by atoms with van der Waals surface area (Å²) in [5.41, 5.74) is 2.82. The van der Waals surface area contributed by atoms with E-state index >= 15 is 0 Å². The highest BCUT2D eigenvalue weighted by Crippen LogP contribution is 2.23. The molecule has 2 heteroatoms. The molecule has 1 atom stereocenters. The van der Waals surface area contributed by atoms with Crippen LogP contribution in [0.1, 0.15) is 36.4 Å². The first kappa shape index (κ1) is 11.6. The maximum Gasteiger partial charge on any atom is 0.0502 e. The molecule has 1 aromatic rings. The molecule has 1 unspecified atom stereocenters. The zero-order valence-corrected chi connectivity index (χ0v) is 10.0. The van der Waals surface area contributed by atoms with Crippen molar-refractivity contribution < 1.29 is 4.74 Å². The molecule has 1 aromatic carbocycles. The Morgan fingerprint density at radius 1 is 1.38 bits per heavy atom. The Balaban J connectivity index is 2.02. The lowest BCUT2D eigenvalue weighted by Gasteiger charge is -2.24. The summed E-state index contributed by atoms with van der Waals surface area (Å²) >= 11 is 0.